The fourth-order valence-electron chi connectivity index (χ4n) is 2.29. The lowest BCUT2D eigenvalue weighted by atomic mass is 10.1. The van der Waals surface area contributed by atoms with E-state index in [0.717, 1.165) is 18.2 Å². The number of nitro benzene ring substituents is 3. The van der Waals surface area contributed by atoms with Gasteiger partial charge in [-0.2, -0.15) is 10.5 Å². The van der Waals surface area contributed by atoms with E-state index in [1.165, 1.54) is 0 Å². The molecule has 0 aliphatic rings. The van der Waals surface area contributed by atoms with Crippen LogP contribution in [0.4, 0.5) is 34.1 Å². The van der Waals surface area contributed by atoms with E-state index in [-0.39, 0.29) is 11.4 Å². The van der Waals surface area contributed by atoms with Gasteiger partial charge in [0.1, 0.15) is 16.1 Å². The first-order chi connectivity index (χ1) is 13.1. The highest BCUT2D eigenvalue weighted by Crippen LogP contribution is 2.45. The Morgan fingerprint density at radius 3 is 2.07 bits per heavy atom. The van der Waals surface area contributed by atoms with Crippen LogP contribution in [0.5, 0.6) is 0 Å². The molecule has 2 rings (SSSR count). The second-order valence-corrected chi connectivity index (χ2v) is 5.81. The van der Waals surface area contributed by atoms with Gasteiger partial charge in [-0.05, 0) is 22.0 Å². The molecular weight excluding hydrogens is 442 g/mol. The summed E-state index contributed by atoms with van der Waals surface area (Å²) in [6, 6.07) is 5.19. The van der Waals surface area contributed by atoms with Crippen LogP contribution in [0.1, 0.15) is 5.56 Å². The predicted octanol–water partition coefficient (Wildman–Crippen LogP) is 3.25. The van der Waals surface area contributed by atoms with Gasteiger partial charge in [0, 0.05) is 12.1 Å². The van der Waals surface area contributed by atoms with Crippen LogP contribution in [0.25, 0.3) is 0 Å². The molecule has 0 amide bonds. The number of nitrogens with two attached hydrogens (primary N) is 1. The smallest absolute Gasteiger partial charge is 0.302 e. The van der Waals surface area contributed by atoms with Crippen LogP contribution in [0, 0.1) is 53.1 Å². The van der Waals surface area contributed by atoms with E-state index in [4.69, 9.17) is 5.73 Å². The number of anilines is 3. The third-order valence-corrected chi connectivity index (χ3v) is 4.29. The molecule has 140 valence electrons. The van der Waals surface area contributed by atoms with Gasteiger partial charge in [-0.3, -0.25) is 30.3 Å². The minimum Gasteiger partial charge on any atom is -0.397 e. The molecule has 0 saturated carbocycles. The zero-order valence-corrected chi connectivity index (χ0v) is 15.0. The van der Waals surface area contributed by atoms with E-state index in [1.54, 1.807) is 12.3 Å². The van der Waals surface area contributed by atoms with E-state index < -0.39 is 47.6 Å². The number of nitriles is 2. The van der Waals surface area contributed by atoms with Crippen molar-refractivity contribution in [3.8, 4) is 12.3 Å². The molecule has 14 heteroatoms. The average Bonchev–Trinajstić information content (AvgIpc) is 2.63. The molecule has 0 unspecified atom stereocenters. The Bertz CT molecular complexity index is 1120. The van der Waals surface area contributed by atoms with Gasteiger partial charge in [0.2, 0.25) is 0 Å². The van der Waals surface area contributed by atoms with Gasteiger partial charge in [-0.15, -0.1) is 0 Å². The molecule has 0 saturated heterocycles. The van der Waals surface area contributed by atoms with Gasteiger partial charge >= 0.3 is 5.69 Å². The molecular formula is C14H6BrN7O6. The van der Waals surface area contributed by atoms with E-state index in [9.17, 15) is 40.9 Å². The monoisotopic (exact) mass is 447 g/mol. The van der Waals surface area contributed by atoms with Crippen LogP contribution in [-0.4, -0.2) is 14.8 Å². The number of nitrogen functional groups attached to an aromatic ring is 1. The average molecular weight is 448 g/mol. The van der Waals surface area contributed by atoms with Crippen LogP contribution >= 0.6 is 15.9 Å². The van der Waals surface area contributed by atoms with Crippen LogP contribution in [0.3, 0.4) is 0 Å². The molecule has 2 aromatic rings. The molecule has 0 fully saturated rings. The summed E-state index contributed by atoms with van der Waals surface area (Å²) in [5, 5.41) is 52.6. The van der Waals surface area contributed by atoms with Crippen LogP contribution in [0.15, 0.2) is 28.7 Å². The first kappa shape index (κ1) is 20.0. The maximum Gasteiger partial charge on any atom is 0.302 e. The van der Waals surface area contributed by atoms with E-state index in [2.05, 4.69) is 15.9 Å². The molecule has 0 heterocycles. The van der Waals surface area contributed by atoms with Gasteiger partial charge < -0.3 is 5.73 Å². The third-order valence-electron chi connectivity index (χ3n) is 3.49. The SMILES string of the molecule is N#Cc1c(Br)c([N+](=O)[O-])cc([N+](=O)[O-])c1N(C#N)c1cc([N+](=O)[O-])ccc1N. The standard InChI is InChI=1S/C14H6BrN7O6/c15-13-8(5-16)14(12(22(27)28)4-11(13)21(25)26)19(6-17)10-3-7(20(23)24)1-2-9(10)18/h1-4H,18H2. The van der Waals surface area contributed by atoms with Crippen LogP contribution in [0.2, 0.25) is 0 Å². The van der Waals surface area contributed by atoms with Gasteiger partial charge in [-0.1, -0.05) is 0 Å². The van der Waals surface area contributed by atoms with Gasteiger partial charge in [0.15, 0.2) is 11.9 Å². The van der Waals surface area contributed by atoms with Gasteiger partial charge in [-0.25, -0.2) is 4.90 Å². The van der Waals surface area contributed by atoms with Crippen LogP contribution < -0.4 is 10.6 Å². The van der Waals surface area contributed by atoms with E-state index >= 15 is 0 Å². The molecule has 0 spiro atoms. The summed E-state index contributed by atoms with van der Waals surface area (Å²) in [5.74, 6) is 0. The zero-order valence-electron chi connectivity index (χ0n) is 13.4. The lowest BCUT2D eigenvalue weighted by molar-refractivity contribution is -0.394. The summed E-state index contributed by atoms with van der Waals surface area (Å²) < 4.78 is -0.398. The molecule has 0 aliphatic carbocycles. The first-order valence-corrected chi connectivity index (χ1v) is 7.72. The quantitative estimate of drug-likeness (QED) is 0.232. The predicted molar refractivity (Wildman–Crippen MR) is 97.4 cm³/mol. The molecule has 0 aliphatic heterocycles. The second kappa shape index (κ2) is 7.52. The van der Waals surface area contributed by atoms with E-state index in [1.807, 2.05) is 0 Å². The van der Waals surface area contributed by atoms with Crippen molar-refractivity contribution in [1.29, 1.82) is 10.5 Å². The van der Waals surface area contributed by atoms with Crippen LogP contribution in [-0.2, 0) is 0 Å². The Morgan fingerprint density at radius 1 is 1.00 bits per heavy atom. The molecule has 0 aromatic heterocycles. The zero-order chi connectivity index (χ0) is 21.2. The second-order valence-electron chi connectivity index (χ2n) is 5.01. The minimum atomic E-state index is -1.02. The number of non-ortho nitro benzene ring substituents is 1. The normalized spacial score (nSPS) is 9.82. The number of halogens is 1. The molecule has 28 heavy (non-hydrogen) atoms. The maximum absolute atomic E-state index is 11.5. The highest BCUT2D eigenvalue weighted by atomic mass is 79.9. The van der Waals surface area contributed by atoms with Gasteiger partial charge in [0.05, 0.1) is 32.2 Å². The highest BCUT2D eigenvalue weighted by Gasteiger charge is 2.34. The summed E-state index contributed by atoms with van der Waals surface area (Å²) >= 11 is 2.84. The van der Waals surface area contributed by atoms with E-state index in [0.29, 0.717) is 11.0 Å². The fraction of sp³-hybridized carbons (Fsp3) is 0. The van der Waals surface area contributed by atoms with Crippen molar-refractivity contribution in [2.75, 3.05) is 10.6 Å². The Morgan fingerprint density at radius 2 is 1.61 bits per heavy atom. The van der Waals surface area contributed by atoms with Crippen molar-refractivity contribution < 1.29 is 14.8 Å². The maximum atomic E-state index is 11.5. The van der Waals surface area contributed by atoms with Crippen molar-refractivity contribution in [2.45, 2.75) is 0 Å². The Balaban J connectivity index is 2.95. The highest BCUT2D eigenvalue weighted by molar-refractivity contribution is 9.10. The van der Waals surface area contributed by atoms with Crippen molar-refractivity contribution in [3.05, 3.63) is 64.6 Å². The van der Waals surface area contributed by atoms with Crippen molar-refractivity contribution in [2.24, 2.45) is 0 Å². The molecule has 0 atom stereocenters. The van der Waals surface area contributed by atoms with Crippen molar-refractivity contribution in [1.82, 2.24) is 0 Å². The van der Waals surface area contributed by atoms with Crippen molar-refractivity contribution >= 4 is 50.1 Å². The summed E-state index contributed by atoms with van der Waals surface area (Å²) in [7, 11) is 0. The lowest BCUT2D eigenvalue weighted by Crippen LogP contribution is -2.15. The topological polar surface area (TPSA) is 206 Å². The Labute approximate surface area is 163 Å². The third kappa shape index (κ3) is 3.35. The van der Waals surface area contributed by atoms with Gasteiger partial charge in [0.25, 0.3) is 11.4 Å². The number of nitro groups is 3. The molecule has 0 radical (unpaired) electrons. The summed E-state index contributed by atoms with van der Waals surface area (Å²) in [6.07, 6.45) is 1.57. The molecule has 13 nitrogen and oxygen atoms in total. The number of benzene rings is 2. The lowest BCUT2D eigenvalue weighted by Gasteiger charge is -2.19. The first-order valence-electron chi connectivity index (χ1n) is 6.93. The fourth-order valence-corrected chi connectivity index (χ4v) is 2.82. The Hall–Kier alpha value is -4.30. The largest absolute Gasteiger partial charge is 0.397 e. The number of hydrogen-bond donors (Lipinski definition) is 1. The number of rotatable bonds is 5. The summed E-state index contributed by atoms with van der Waals surface area (Å²) in [6.45, 7) is 0. The number of nitrogens with zero attached hydrogens (tertiary/aromatic N) is 6. The molecule has 0 bridgehead atoms. The molecule has 2 aromatic carbocycles. The number of hydrogen-bond acceptors (Lipinski definition) is 10. The summed E-state index contributed by atoms with van der Waals surface area (Å²) in [5.41, 5.74) is 1.91. The minimum absolute atomic E-state index is 0.153. The van der Waals surface area contributed by atoms with Crippen molar-refractivity contribution in [3.63, 3.8) is 0 Å². The summed E-state index contributed by atoms with van der Waals surface area (Å²) in [4.78, 5) is 31.4. The molecule has 2 N–H and O–H groups in total. The Kier molecular flexibility index (Phi) is 5.38.